The normalized spacial score (nSPS) is 13.8. The van der Waals surface area contributed by atoms with E-state index in [0.29, 0.717) is 0 Å². The highest BCUT2D eigenvalue weighted by atomic mass is 16.3. The molecule has 0 saturated heterocycles. The number of aromatic nitrogens is 1. The molecule has 100 valence electrons. The van der Waals surface area contributed by atoms with Gasteiger partial charge in [-0.25, -0.2) is 0 Å². The number of rotatable bonds is 5. The summed E-state index contributed by atoms with van der Waals surface area (Å²) in [6.45, 7) is 1.71. The third kappa shape index (κ3) is 3.23. The Balaban J connectivity index is 2.05. The quantitative estimate of drug-likeness (QED) is 0.860. The number of hydrogen-bond donors (Lipinski definition) is 2. The van der Waals surface area contributed by atoms with E-state index in [2.05, 4.69) is 5.32 Å². The Morgan fingerprint density at radius 3 is 2.42 bits per heavy atom. The van der Waals surface area contributed by atoms with E-state index < -0.39 is 0 Å². The van der Waals surface area contributed by atoms with Crippen LogP contribution in [-0.2, 0) is 4.79 Å². The average Bonchev–Trinajstić information content (AvgIpc) is 2.98. The van der Waals surface area contributed by atoms with Crippen molar-refractivity contribution in [1.82, 2.24) is 9.88 Å². The summed E-state index contributed by atoms with van der Waals surface area (Å²) in [4.78, 5) is 12.1. The van der Waals surface area contributed by atoms with E-state index in [4.69, 9.17) is 0 Å². The molecule has 0 radical (unpaired) electrons. The highest BCUT2D eigenvalue weighted by Crippen LogP contribution is 2.14. The molecule has 4 heteroatoms. The molecule has 19 heavy (non-hydrogen) atoms. The number of benzene rings is 1. The van der Waals surface area contributed by atoms with Crippen LogP contribution in [0.25, 0.3) is 0 Å². The Labute approximate surface area is 112 Å². The molecule has 2 N–H and O–H groups in total. The van der Waals surface area contributed by atoms with Crippen molar-refractivity contribution in [1.29, 1.82) is 0 Å². The molecular weight excluding hydrogens is 240 g/mol. The summed E-state index contributed by atoms with van der Waals surface area (Å²) < 4.78 is 1.83. The molecule has 4 nitrogen and oxygen atoms in total. The predicted molar refractivity (Wildman–Crippen MR) is 73.6 cm³/mol. The van der Waals surface area contributed by atoms with Crippen LogP contribution >= 0.6 is 0 Å². The lowest BCUT2D eigenvalue weighted by Gasteiger charge is -2.20. The molecule has 0 fully saturated rings. The second-order valence-corrected chi connectivity index (χ2v) is 4.46. The van der Waals surface area contributed by atoms with Gasteiger partial charge in [0.15, 0.2) is 0 Å². The summed E-state index contributed by atoms with van der Waals surface area (Å²) >= 11 is 0. The second-order valence-electron chi connectivity index (χ2n) is 4.46. The summed E-state index contributed by atoms with van der Waals surface area (Å²) in [7, 11) is 0. The molecule has 2 aromatic rings. The Kier molecular flexibility index (Phi) is 4.36. The molecule has 2 atom stereocenters. The van der Waals surface area contributed by atoms with Crippen LogP contribution in [0.3, 0.4) is 0 Å². The van der Waals surface area contributed by atoms with Crippen LogP contribution in [0.4, 0.5) is 0 Å². The van der Waals surface area contributed by atoms with Gasteiger partial charge < -0.3 is 15.0 Å². The van der Waals surface area contributed by atoms with E-state index in [0.717, 1.165) is 5.56 Å². The van der Waals surface area contributed by atoms with Gasteiger partial charge in [0, 0.05) is 12.4 Å². The molecular formula is C15H18N2O2. The number of carbonyl (C=O) groups excluding carboxylic acids is 1. The number of nitrogens with zero attached hydrogens (tertiary/aromatic N) is 1. The molecule has 0 spiro atoms. The molecule has 1 heterocycles. The van der Waals surface area contributed by atoms with Gasteiger partial charge in [0.05, 0.1) is 12.6 Å². The van der Waals surface area contributed by atoms with E-state index in [9.17, 15) is 9.90 Å². The van der Waals surface area contributed by atoms with E-state index in [-0.39, 0.29) is 24.6 Å². The zero-order valence-electron chi connectivity index (χ0n) is 10.9. The van der Waals surface area contributed by atoms with Crippen LogP contribution in [0.15, 0.2) is 54.9 Å². The zero-order chi connectivity index (χ0) is 13.7. The standard InChI is InChI=1S/C15H18N2O2/c1-12(17-9-5-6-10-17)15(19)16-14(11-18)13-7-3-2-4-8-13/h2-10,12,14,18H,11H2,1H3,(H,16,19). The number of carbonyl (C=O) groups is 1. The van der Waals surface area contributed by atoms with Gasteiger partial charge in [-0.1, -0.05) is 30.3 Å². The molecule has 1 aromatic carbocycles. The Bertz CT molecular complexity index is 508. The van der Waals surface area contributed by atoms with Crippen molar-refractivity contribution in [3.63, 3.8) is 0 Å². The Morgan fingerprint density at radius 1 is 1.21 bits per heavy atom. The third-order valence-corrected chi connectivity index (χ3v) is 3.16. The van der Waals surface area contributed by atoms with Crippen molar-refractivity contribution >= 4 is 5.91 Å². The first-order chi connectivity index (χ1) is 9.22. The first-order valence-corrected chi connectivity index (χ1v) is 6.31. The van der Waals surface area contributed by atoms with E-state index in [1.54, 1.807) is 0 Å². The van der Waals surface area contributed by atoms with Crippen molar-refractivity contribution in [2.75, 3.05) is 6.61 Å². The molecule has 0 aliphatic heterocycles. The van der Waals surface area contributed by atoms with Gasteiger partial charge in [0.2, 0.25) is 5.91 Å². The minimum Gasteiger partial charge on any atom is -0.394 e. The fourth-order valence-corrected chi connectivity index (χ4v) is 1.95. The number of aliphatic hydroxyl groups excluding tert-OH is 1. The minimum absolute atomic E-state index is 0.112. The molecule has 0 bridgehead atoms. The van der Waals surface area contributed by atoms with E-state index in [1.807, 2.05) is 66.3 Å². The SMILES string of the molecule is CC(C(=O)NC(CO)c1ccccc1)n1cccc1. The predicted octanol–water partition coefficient (Wildman–Crippen LogP) is 1.90. The molecule has 2 unspecified atom stereocenters. The van der Waals surface area contributed by atoms with Crippen LogP contribution in [0.5, 0.6) is 0 Å². The van der Waals surface area contributed by atoms with Gasteiger partial charge in [-0.05, 0) is 24.6 Å². The van der Waals surface area contributed by atoms with E-state index >= 15 is 0 Å². The second kappa shape index (κ2) is 6.20. The zero-order valence-corrected chi connectivity index (χ0v) is 10.9. The largest absolute Gasteiger partial charge is 0.394 e. The van der Waals surface area contributed by atoms with Gasteiger partial charge in [0.1, 0.15) is 6.04 Å². The maximum atomic E-state index is 12.1. The smallest absolute Gasteiger partial charge is 0.243 e. The lowest BCUT2D eigenvalue weighted by atomic mass is 10.1. The first-order valence-electron chi connectivity index (χ1n) is 6.31. The molecule has 1 amide bonds. The highest BCUT2D eigenvalue weighted by Gasteiger charge is 2.18. The van der Waals surface area contributed by atoms with Crippen LogP contribution in [0, 0.1) is 0 Å². The summed E-state index contributed by atoms with van der Waals surface area (Å²) in [5, 5.41) is 12.3. The highest BCUT2D eigenvalue weighted by molar-refractivity contribution is 5.80. The fraction of sp³-hybridized carbons (Fsp3) is 0.267. The van der Waals surface area contributed by atoms with Crippen molar-refractivity contribution in [2.24, 2.45) is 0 Å². The van der Waals surface area contributed by atoms with Crippen molar-refractivity contribution in [3.8, 4) is 0 Å². The Hall–Kier alpha value is -2.07. The van der Waals surface area contributed by atoms with Gasteiger partial charge in [-0.15, -0.1) is 0 Å². The lowest BCUT2D eigenvalue weighted by Crippen LogP contribution is -2.35. The van der Waals surface area contributed by atoms with E-state index in [1.165, 1.54) is 0 Å². The van der Waals surface area contributed by atoms with Crippen molar-refractivity contribution < 1.29 is 9.90 Å². The van der Waals surface area contributed by atoms with Gasteiger partial charge in [-0.2, -0.15) is 0 Å². The first kappa shape index (κ1) is 13.4. The van der Waals surface area contributed by atoms with Crippen LogP contribution < -0.4 is 5.32 Å². The molecule has 0 aliphatic rings. The minimum atomic E-state index is -0.369. The summed E-state index contributed by atoms with van der Waals surface area (Å²) in [5.74, 6) is -0.112. The molecule has 0 aliphatic carbocycles. The monoisotopic (exact) mass is 258 g/mol. The van der Waals surface area contributed by atoms with Crippen molar-refractivity contribution in [2.45, 2.75) is 19.0 Å². The number of hydrogen-bond acceptors (Lipinski definition) is 2. The molecule has 0 saturated carbocycles. The average molecular weight is 258 g/mol. The third-order valence-electron chi connectivity index (χ3n) is 3.16. The van der Waals surface area contributed by atoms with Crippen LogP contribution in [0.2, 0.25) is 0 Å². The molecule has 1 aromatic heterocycles. The fourth-order valence-electron chi connectivity index (χ4n) is 1.95. The summed E-state index contributed by atoms with van der Waals surface area (Å²) in [6.07, 6.45) is 3.70. The van der Waals surface area contributed by atoms with Gasteiger partial charge in [-0.3, -0.25) is 4.79 Å². The molecule has 2 rings (SSSR count). The van der Waals surface area contributed by atoms with Crippen LogP contribution in [0.1, 0.15) is 24.6 Å². The summed E-state index contributed by atoms with van der Waals surface area (Å²) in [6, 6.07) is 12.6. The lowest BCUT2D eigenvalue weighted by molar-refractivity contribution is -0.125. The topological polar surface area (TPSA) is 54.3 Å². The van der Waals surface area contributed by atoms with Crippen LogP contribution in [-0.4, -0.2) is 22.2 Å². The number of aliphatic hydroxyl groups is 1. The van der Waals surface area contributed by atoms with Crippen molar-refractivity contribution in [3.05, 3.63) is 60.4 Å². The summed E-state index contributed by atoms with van der Waals surface area (Å²) in [5.41, 5.74) is 0.901. The van der Waals surface area contributed by atoms with Gasteiger partial charge in [0.25, 0.3) is 0 Å². The van der Waals surface area contributed by atoms with Gasteiger partial charge >= 0.3 is 0 Å². The number of nitrogens with one attached hydrogen (secondary N) is 1. The maximum absolute atomic E-state index is 12.1. The number of amides is 1. The Morgan fingerprint density at radius 2 is 1.84 bits per heavy atom. The maximum Gasteiger partial charge on any atom is 0.243 e.